The molecule has 1 heterocycles. The van der Waals surface area contributed by atoms with Gasteiger partial charge in [0.1, 0.15) is 0 Å². The van der Waals surface area contributed by atoms with Crippen LogP contribution >= 0.6 is 0 Å². The van der Waals surface area contributed by atoms with Gasteiger partial charge in [0.15, 0.2) is 0 Å². The summed E-state index contributed by atoms with van der Waals surface area (Å²) in [6.45, 7) is 0.581. The lowest BCUT2D eigenvalue weighted by molar-refractivity contribution is 0.0119. The number of hydrogen-bond acceptors (Lipinski definition) is 5. The molecule has 0 saturated carbocycles. The third-order valence-electron chi connectivity index (χ3n) is 2.64. The Balaban J connectivity index is 2.44. The van der Waals surface area contributed by atoms with Crippen LogP contribution in [0.25, 0.3) is 0 Å². The Morgan fingerprint density at radius 2 is 1.57 bits per heavy atom. The summed E-state index contributed by atoms with van der Waals surface area (Å²) in [7, 11) is 0. The topological polar surface area (TPSA) is 82.0 Å². The minimum Gasteiger partial charge on any atom is -0.394 e. The minimum absolute atomic E-state index is 0.204. The van der Waals surface area contributed by atoms with Crippen molar-refractivity contribution in [3.05, 3.63) is 0 Å². The quantitative estimate of drug-likeness (QED) is 0.438. The molecule has 1 aliphatic heterocycles. The van der Waals surface area contributed by atoms with Gasteiger partial charge in [-0.3, -0.25) is 0 Å². The molecule has 5 heteroatoms. The summed E-state index contributed by atoms with van der Waals surface area (Å²) in [6, 6.07) is 0.204. The second-order valence-corrected chi connectivity index (χ2v) is 3.79. The standard InChI is InChI=1S/C9H19NO4/c11-5-9(6-12,7-13)10-8-1-3-14-4-2-8/h8,10-13H,1-7H2. The average Bonchev–Trinajstić information content (AvgIpc) is 2.28. The van der Waals surface area contributed by atoms with E-state index in [2.05, 4.69) is 5.32 Å². The van der Waals surface area contributed by atoms with Crippen LogP contribution in [0.4, 0.5) is 0 Å². The summed E-state index contributed by atoms with van der Waals surface area (Å²) in [5.74, 6) is 0. The fourth-order valence-electron chi connectivity index (χ4n) is 1.56. The van der Waals surface area contributed by atoms with Gasteiger partial charge in [0.05, 0.1) is 25.4 Å². The van der Waals surface area contributed by atoms with Crippen LogP contribution < -0.4 is 5.32 Å². The van der Waals surface area contributed by atoms with Gasteiger partial charge < -0.3 is 25.4 Å². The van der Waals surface area contributed by atoms with Gasteiger partial charge in [-0.15, -0.1) is 0 Å². The summed E-state index contributed by atoms with van der Waals surface area (Å²) in [5, 5.41) is 30.4. The second kappa shape index (κ2) is 5.63. The molecule has 0 aliphatic carbocycles. The number of ether oxygens (including phenoxy) is 1. The molecule has 84 valence electrons. The van der Waals surface area contributed by atoms with Crippen molar-refractivity contribution in [2.24, 2.45) is 0 Å². The first-order valence-electron chi connectivity index (χ1n) is 4.94. The first-order valence-corrected chi connectivity index (χ1v) is 4.94. The van der Waals surface area contributed by atoms with Crippen LogP contribution in [0.1, 0.15) is 12.8 Å². The zero-order valence-electron chi connectivity index (χ0n) is 8.28. The molecule has 1 rings (SSSR count). The Bertz CT molecular complexity index is 147. The van der Waals surface area contributed by atoms with Gasteiger partial charge in [-0.25, -0.2) is 0 Å². The Hall–Kier alpha value is -0.200. The molecule has 0 aromatic rings. The predicted octanol–water partition coefficient (Wildman–Crippen LogP) is -1.53. The monoisotopic (exact) mass is 205 g/mol. The van der Waals surface area contributed by atoms with Crippen molar-refractivity contribution in [1.82, 2.24) is 5.32 Å². The van der Waals surface area contributed by atoms with Crippen LogP contribution in [0.2, 0.25) is 0 Å². The molecule has 0 aromatic heterocycles. The van der Waals surface area contributed by atoms with Crippen molar-refractivity contribution in [1.29, 1.82) is 0 Å². The predicted molar refractivity (Wildman–Crippen MR) is 51.0 cm³/mol. The van der Waals surface area contributed by atoms with Gasteiger partial charge >= 0.3 is 0 Å². The zero-order chi connectivity index (χ0) is 10.4. The summed E-state index contributed by atoms with van der Waals surface area (Å²) < 4.78 is 5.19. The lowest BCUT2D eigenvalue weighted by Gasteiger charge is -2.35. The van der Waals surface area contributed by atoms with E-state index in [9.17, 15) is 0 Å². The normalized spacial score (nSPS) is 19.9. The van der Waals surface area contributed by atoms with E-state index < -0.39 is 5.54 Å². The highest BCUT2D eigenvalue weighted by Gasteiger charge is 2.31. The van der Waals surface area contributed by atoms with Crippen molar-refractivity contribution in [2.75, 3.05) is 33.0 Å². The second-order valence-electron chi connectivity index (χ2n) is 3.79. The molecule has 0 spiro atoms. The first-order chi connectivity index (χ1) is 6.76. The Morgan fingerprint density at radius 1 is 1.07 bits per heavy atom. The Morgan fingerprint density at radius 3 is 2.00 bits per heavy atom. The van der Waals surface area contributed by atoms with Gasteiger partial charge in [-0.2, -0.15) is 0 Å². The molecule has 0 radical (unpaired) electrons. The molecule has 0 atom stereocenters. The van der Waals surface area contributed by atoms with Crippen molar-refractivity contribution in [2.45, 2.75) is 24.4 Å². The van der Waals surface area contributed by atoms with E-state index in [0.29, 0.717) is 13.2 Å². The average molecular weight is 205 g/mol. The van der Waals surface area contributed by atoms with Crippen LogP contribution in [-0.4, -0.2) is 59.9 Å². The fraction of sp³-hybridized carbons (Fsp3) is 1.00. The lowest BCUT2D eigenvalue weighted by atomic mass is 9.99. The SMILES string of the molecule is OCC(CO)(CO)NC1CCOCC1. The molecule has 0 unspecified atom stereocenters. The van der Waals surface area contributed by atoms with Gasteiger partial charge in [-0.1, -0.05) is 0 Å². The molecule has 14 heavy (non-hydrogen) atoms. The lowest BCUT2D eigenvalue weighted by Crippen LogP contribution is -2.59. The number of nitrogens with one attached hydrogen (secondary N) is 1. The van der Waals surface area contributed by atoms with E-state index in [-0.39, 0.29) is 25.9 Å². The van der Waals surface area contributed by atoms with E-state index in [1.165, 1.54) is 0 Å². The molecule has 0 aromatic carbocycles. The molecular weight excluding hydrogens is 186 g/mol. The molecule has 1 saturated heterocycles. The molecule has 1 fully saturated rings. The third-order valence-corrected chi connectivity index (χ3v) is 2.64. The maximum Gasteiger partial charge on any atom is 0.0883 e. The van der Waals surface area contributed by atoms with Crippen LogP contribution in [-0.2, 0) is 4.74 Å². The number of rotatable bonds is 5. The largest absolute Gasteiger partial charge is 0.394 e. The van der Waals surface area contributed by atoms with E-state index in [0.717, 1.165) is 12.8 Å². The fourth-order valence-corrected chi connectivity index (χ4v) is 1.56. The van der Waals surface area contributed by atoms with Crippen LogP contribution in [0.5, 0.6) is 0 Å². The van der Waals surface area contributed by atoms with Gasteiger partial charge in [0.2, 0.25) is 0 Å². The maximum atomic E-state index is 9.09. The highest BCUT2D eigenvalue weighted by Crippen LogP contribution is 2.11. The Kier molecular flexibility index (Phi) is 4.77. The number of hydrogen-bond donors (Lipinski definition) is 4. The van der Waals surface area contributed by atoms with E-state index in [1.54, 1.807) is 0 Å². The van der Waals surface area contributed by atoms with Crippen molar-refractivity contribution < 1.29 is 20.1 Å². The van der Waals surface area contributed by atoms with Crippen molar-refractivity contribution >= 4 is 0 Å². The van der Waals surface area contributed by atoms with E-state index in [4.69, 9.17) is 20.1 Å². The van der Waals surface area contributed by atoms with Crippen molar-refractivity contribution in [3.63, 3.8) is 0 Å². The summed E-state index contributed by atoms with van der Waals surface area (Å²) in [5.41, 5.74) is -0.956. The summed E-state index contributed by atoms with van der Waals surface area (Å²) in [6.07, 6.45) is 1.70. The van der Waals surface area contributed by atoms with Crippen molar-refractivity contribution in [3.8, 4) is 0 Å². The molecule has 5 nitrogen and oxygen atoms in total. The van der Waals surface area contributed by atoms with E-state index >= 15 is 0 Å². The van der Waals surface area contributed by atoms with Crippen LogP contribution in [0.3, 0.4) is 0 Å². The smallest absolute Gasteiger partial charge is 0.0883 e. The number of aliphatic hydroxyl groups excluding tert-OH is 3. The van der Waals surface area contributed by atoms with E-state index in [1.807, 2.05) is 0 Å². The maximum absolute atomic E-state index is 9.09. The molecule has 0 bridgehead atoms. The van der Waals surface area contributed by atoms with Gasteiger partial charge in [0.25, 0.3) is 0 Å². The molecule has 4 N–H and O–H groups in total. The first kappa shape index (κ1) is 11.9. The van der Waals surface area contributed by atoms with Gasteiger partial charge in [-0.05, 0) is 12.8 Å². The summed E-state index contributed by atoms with van der Waals surface area (Å²) >= 11 is 0. The van der Waals surface area contributed by atoms with Crippen LogP contribution in [0, 0.1) is 0 Å². The third kappa shape index (κ3) is 2.90. The van der Waals surface area contributed by atoms with Gasteiger partial charge in [0, 0.05) is 19.3 Å². The number of aliphatic hydroxyl groups is 3. The van der Waals surface area contributed by atoms with Crippen LogP contribution in [0.15, 0.2) is 0 Å². The Labute approximate surface area is 83.7 Å². The minimum atomic E-state index is -0.956. The highest BCUT2D eigenvalue weighted by atomic mass is 16.5. The molecular formula is C9H19NO4. The highest BCUT2D eigenvalue weighted by molar-refractivity contribution is 4.90. The molecule has 0 amide bonds. The molecule has 1 aliphatic rings. The summed E-state index contributed by atoms with van der Waals surface area (Å²) in [4.78, 5) is 0. The zero-order valence-corrected chi connectivity index (χ0v) is 8.28.